The molecule has 0 atom stereocenters. The molecule has 108 valence electrons. The summed E-state index contributed by atoms with van der Waals surface area (Å²) >= 11 is 0. The minimum Gasteiger partial charge on any atom is -0.504 e. The number of hydrogen-bond donors (Lipinski definition) is 1. The van der Waals surface area contributed by atoms with Gasteiger partial charge in [-0.05, 0) is 44.5 Å². The first kappa shape index (κ1) is 15.8. The van der Waals surface area contributed by atoms with Crippen LogP contribution in [0, 0.1) is 0 Å². The van der Waals surface area contributed by atoms with Crippen LogP contribution in [-0.2, 0) is 14.3 Å². The molecule has 1 aromatic rings. The van der Waals surface area contributed by atoms with Gasteiger partial charge in [-0.1, -0.05) is 6.07 Å². The van der Waals surface area contributed by atoms with E-state index in [1.807, 2.05) is 0 Å². The standard InChI is InChI=1S/C15H18O5/c1-10(2)20-15(18)7-5-12-4-6-13(17)14(8-12)19-9-11(3)16/h4-8,10,17H,9H2,1-3H3/b7-5+. The van der Waals surface area contributed by atoms with Crippen molar-refractivity contribution >= 4 is 17.8 Å². The van der Waals surface area contributed by atoms with Crippen LogP contribution in [0.3, 0.4) is 0 Å². The normalized spacial score (nSPS) is 10.8. The van der Waals surface area contributed by atoms with Crippen LogP contribution >= 0.6 is 0 Å². The second-order valence-electron chi connectivity index (χ2n) is 4.54. The van der Waals surface area contributed by atoms with Gasteiger partial charge in [0.05, 0.1) is 6.10 Å². The van der Waals surface area contributed by atoms with Gasteiger partial charge in [0, 0.05) is 6.08 Å². The summed E-state index contributed by atoms with van der Waals surface area (Å²) in [6, 6.07) is 4.59. The zero-order valence-corrected chi connectivity index (χ0v) is 11.8. The van der Waals surface area contributed by atoms with Gasteiger partial charge in [-0.25, -0.2) is 4.79 Å². The largest absolute Gasteiger partial charge is 0.504 e. The predicted molar refractivity (Wildman–Crippen MR) is 74.5 cm³/mol. The van der Waals surface area contributed by atoms with E-state index in [1.54, 1.807) is 26.0 Å². The molecule has 1 N–H and O–H groups in total. The lowest BCUT2D eigenvalue weighted by molar-refractivity contribution is -0.141. The topological polar surface area (TPSA) is 72.8 Å². The molecule has 0 unspecified atom stereocenters. The molecule has 0 aromatic heterocycles. The number of Topliss-reactive ketones (excluding diaryl/α,β-unsaturated/α-hetero) is 1. The van der Waals surface area contributed by atoms with E-state index in [0.29, 0.717) is 5.56 Å². The molecule has 1 aromatic carbocycles. The first-order valence-corrected chi connectivity index (χ1v) is 6.22. The zero-order valence-electron chi connectivity index (χ0n) is 11.8. The molecule has 0 aliphatic heterocycles. The van der Waals surface area contributed by atoms with Crippen molar-refractivity contribution in [3.63, 3.8) is 0 Å². The van der Waals surface area contributed by atoms with Crippen LogP contribution in [0.4, 0.5) is 0 Å². The quantitative estimate of drug-likeness (QED) is 0.638. The Bertz CT molecular complexity index is 517. The number of phenolic OH excluding ortho intramolecular Hbond substituents is 1. The van der Waals surface area contributed by atoms with E-state index in [4.69, 9.17) is 9.47 Å². The molecule has 0 radical (unpaired) electrons. The van der Waals surface area contributed by atoms with E-state index >= 15 is 0 Å². The Labute approximate surface area is 117 Å². The molecule has 0 bridgehead atoms. The number of ketones is 1. The van der Waals surface area contributed by atoms with E-state index in [1.165, 1.54) is 25.1 Å². The molecule has 5 nitrogen and oxygen atoms in total. The summed E-state index contributed by atoms with van der Waals surface area (Å²) in [7, 11) is 0. The van der Waals surface area contributed by atoms with Crippen LogP contribution in [0.15, 0.2) is 24.3 Å². The molecule has 0 saturated carbocycles. The van der Waals surface area contributed by atoms with Crippen molar-refractivity contribution in [1.29, 1.82) is 0 Å². The number of esters is 1. The number of aromatic hydroxyl groups is 1. The maximum absolute atomic E-state index is 11.4. The fraction of sp³-hybridized carbons (Fsp3) is 0.333. The van der Waals surface area contributed by atoms with Gasteiger partial charge >= 0.3 is 5.97 Å². The fourth-order valence-corrected chi connectivity index (χ4v) is 1.37. The van der Waals surface area contributed by atoms with Gasteiger partial charge in [0.2, 0.25) is 0 Å². The third kappa shape index (κ3) is 5.56. The lowest BCUT2D eigenvalue weighted by Gasteiger charge is -2.07. The fourth-order valence-electron chi connectivity index (χ4n) is 1.37. The number of benzene rings is 1. The minimum atomic E-state index is -0.445. The van der Waals surface area contributed by atoms with Gasteiger partial charge in [-0.15, -0.1) is 0 Å². The minimum absolute atomic E-state index is 0.0619. The molecule has 0 saturated heterocycles. The molecule has 0 aliphatic carbocycles. The van der Waals surface area contributed by atoms with Crippen LogP contribution in [-0.4, -0.2) is 29.6 Å². The molecule has 20 heavy (non-hydrogen) atoms. The smallest absolute Gasteiger partial charge is 0.331 e. The highest BCUT2D eigenvalue weighted by Crippen LogP contribution is 2.27. The average molecular weight is 278 g/mol. The van der Waals surface area contributed by atoms with Crippen molar-refractivity contribution in [3.8, 4) is 11.5 Å². The summed E-state index contributed by atoms with van der Waals surface area (Å²) in [6.45, 7) is 4.80. The molecular formula is C15H18O5. The molecule has 0 spiro atoms. The Morgan fingerprint density at radius 2 is 2.05 bits per heavy atom. The zero-order chi connectivity index (χ0) is 15.1. The van der Waals surface area contributed by atoms with Crippen molar-refractivity contribution in [2.24, 2.45) is 0 Å². The Kier molecular flexibility index (Phi) is 5.77. The highest BCUT2D eigenvalue weighted by Gasteiger charge is 2.05. The number of hydrogen-bond acceptors (Lipinski definition) is 5. The third-order valence-electron chi connectivity index (χ3n) is 2.18. The summed E-state index contributed by atoms with van der Waals surface area (Å²) in [6.07, 6.45) is 2.66. The molecule has 0 heterocycles. The summed E-state index contributed by atoms with van der Waals surface area (Å²) in [5.74, 6) is -0.460. The van der Waals surface area contributed by atoms with Crippen LogP contribution in [0.1, 0.15) is 26.3 Å². The van der Waals surface area contributed by atoms with Gasteiger partial charge in [0.1, 0.15) is 6.61 Å². The monoisotopic (exact) mass is 278 g/mol. The Morgan fingerprint density at radius 1 is 1.35 bits per heavy atom. The number of rotatable bonds is 6. The second kappa shape index (κ2) is 7.33. The second-order valence-corrected chi connectivity index (χ2v) is 4.54. The van der Waals surface area contributed by atoms with Crippen LogP contribution in [0.5, 0.6) is 11.5 Å². The van der Waals surface area contributed by atoms with Gasteiger partial charge in [0.15, 0.2) is 17.3 Å². The van der Waals surface area contributed by atoms with E-state index in [9.17, 15) is 14.7 Å². The average Bonchev–Trinajstić information content (AvgIpc) is 2.35. The van der Waals surface area contributed by atoms with Gasteiger partial charge in [0.25, 0.3) is 0 Å². The molecule has 1 rings (SSSR count). The molecular weight excluding hydrogens is 260 g/mol. The highest BCUT2D eigenvalue weighted by molar-refractivity contribution is 5.87. The summed E-state index contributed by atoms with van der Waals surface area (Å²) in [5.41, 5.74) is 0.655. The maximum atomic E-state index is 11.4. The molecule has 0 fully saturated rings. The van der Waals surface area contributed by atoms with Gasteiger partial charge in [-0.2, -0.15) is 0 Å². The van der Waals surface area contributed by atoms with E-state index in [2.05, 4.69) is 0 Å². The van der Waals surface area contributed by atoms with Crippen LogP contribution in [0.25, 0.3) is 6.08 Å². The maximum Gasteiger partial charge on any atom is 0.331 e. The predicted octanol–water partition coefficient (Wildman–Crippen LogP) is 2.32. The summed E-state index contributed by atoms with van der Waals surface area (Å²) in [4.78, 5) is 22.2. The van der Waals surface area contributed by atoms with Crippen molar-refractivity contribution in [2.75, 3.05) is 6.61 Å². The van der Waals surface area contributed by atoms with Crippen molar-refractivity contribution in [2.45, 2.75) is 26.9 Å². The van der Waals surface area contributed by atoms with Gasteiger partial charge in [-0.3, -0.25) is 4.79 Å². The molecule has 5 heteroatoms. The van der Waals surface area contributed by atoms with E-state index in [0.717, 1.165) is 0 Å². The lowest BCUT2D eigenvalue weighted by Crippen LogP contribution is -2.08. The van der Waals surface area contributed by atoms with Crippen molar-refractivity contribution < 1.29 is 24.2 Å². The van der Waals surface area contributed by atoms with Gasteiger partial charge < -0.3 is 14.6 Å². The van der Waals surface area contributed by atoms with E-state index < -0.39 is 5.97 Å². The third-order valence-corrected chi connectivity index (χ3v) is 2.18. The number of carbonyl (C=O) groups is 2. The lowest BCUT2D eigenvalue weighted by atomic mass is 10.2. The highest BCUT2D eigenvalue weighted by atomic mass is 16.5. The SMILES string of the molecule is CC(=O)COc1cc(/C=C/C(=O)OC(C)C)ccc1O. The Balaban J connectivity index is 2.76. The summed E-state index contributed by atoms with van der Waals surface area (Å²) < 4.78 is 10.1. The van der Waals surface area contributed by atoms with Crippen molar-refractivity contribution in [1.82, 2.24) is 0 Å². The van der Waals surface area contributed by atoms with E-state index in [-0.39, 0.29) is 30.0 Å². The summed E-state index contributed by atoms with van der Waals surface area (Å²) in [5, 5.41) is 9.59. The number of phenols is 1. The first-order valence-electron chi connectivity index (χ1n) is 6.22. The van der Waals surface area contributed by atoms with Crippen LogP contribution < -0.4 is 4.74 Å². The molecule has 0 aliphatic rings. The number of carbonyl (C=O) groups excluding carboxylic acids is 2. The molecule has 0 amide bonds. The Morgan fingerprint density at radius 3 is 2.65 bits per heavy atom. The first-order chi connectivity index (χ1) is 9.38. The van der Waals surface area contributed by atoms with Crippen molar-refractivity contribution in [3.05, 3.63) is 29.8 Å². The Hall–Kier alpha value is -2.30. The van der Waals surface area contributed by atoms with Crippen LogP contribution in [0.2, 0.25) is 0 Å². The number of ether oxygens (including phenoxy) is 2.